The van der Waals surface area contributed by atoms with E-state index in [-0.39, 0.29) is 16.3 Å². The smallest absolute Gasteiger partial charge is 0.241 e. The number of carbonyl (C=O) groups is 1. The second kappa shape index (κ2) is 11.2. The summed E-state index contributed by atoms with van der Waals surface area (Å²) in [6.07, 6.45) is 0.835. The Bertz CT molecular complexity index is 906. The summed E-state index contributed by atoms with van der Waals surface area (Å²) in [5.41, 5.74) is 0.833. The lowest BCUT2D eigenvalue weighted by molar-refractivity contribution is -0.122. The Morgan fingerprint density at radius 1 is 1.14 bits per heavy atom. The quantitative estimate of drug-likeness (QED) is 0.523. The van der Waals surface area contributed by atoms with Crippen molar-refractivity contribution in [1.82, 2.24) is 10.0 Å². The maximum Gasteiger partial charge on any atom is 0.241 e. The zero-order valence-electron chi connectivity index (χ0n) is 16.4. The van der Waals surface area contributed by atoms with E-state index in [9.17, 15) is 13.2 Å². The third kappa shape index (κ3) is 7.01. The Balaban J connectivity index is 2.20. The normalized spacial score (nSPS) is 12.4. The zero-order chi connectivity index (χ0) is 21.3. The van der Waals surface area contributed by atoms with E-state index in [2.05, 4.69) is 10.0 Å². The topological polar surface area (TPSA) is 93.7 Å². The molecule has 2 rings (SSSR count). The summed E-state index contributed by atoms with van der Waals surface area (Å²) in [4.78, 5) is 12.6. The Hall–Kier alpha value is -2.13. The van der Waals surface area contributed by atoms with E-state index in [0.717, 1.165) is 5.56 Å². The molecular weight excluding hydrogens is 416 g/mol. The fraction of sp³-hybridized carbons (Fsp3) is 0.350. The van der Waals surface area contributed by atoms with Crippen LogP contribution in [0.25, 0.3) is 0 Å². The molecular formula is C20H25ClN2O5S. The van der Waals surface area contributed by atoms with Crippen molar-refractivity contribution in [3.63, 3.8) is 0 Å². The van der Waals surface area contributed by atoms with Gasteiger partial charge in [0.05, 0.1) is 17.0 Å². The number of nitrogens with one attached hydrogen (secondary N) is 2. The van der Waals surface area contributed by atoms with Gasteiger partial charge in [-0.3, -0.25) is 4.79 Å². The Morgan fingerprint density at radius 2 is 1.86 bits per heavy atom. The maximum absolute atomic E-state index is 12.9. The average molecular weight is 441 g/mol. The third-order valence-corrected chi connectivity index (χ3v) is 5.92. The zero-order valence-corrected chi connectivity index (χ0v) is 17.9. The van der Waals surface area contributed by atoms with Crippen molar-refractivity contribution >= 4 is 27.5 Å². The summed E-state index contributed by atoms with van der Waals surface area (Å²) in [6.45, 7) is 0.883. The molecule has 29 heavy (non-hydrogen) atoms. The minimum atomic E-state index is -3.98. The molecule has 0 radical (unpaired) electrons. The van der Waals surface area contributed by atoms with Crippen LogP contribution >= 0.6 is 11.6 Å². The van der Waals surface area contributed by atoms with Gasteiger partial charge in [-0.1, -0.05) is 41.9 Å². The molecule has 2 aromatic carbocycles. The van der Waals surface area contributed by atoms with Crippen LogP contribution in [-0.4, -0.2) is 47.7 Å². The lowest BCUT2D eigenvalue weighted by Crippen LogP contribution is -2.48. The number of carbonyl (C=O) groups excluding carboxylic acids is 1. The van der Waals surface area contributed by atoms with E-state index >= 15 is 0 Å². The molecule has 158 valence electrons. The molecule has 0 saturated heterocycles. The van der Waals surface area contributed by atoms with Crippen LogP contribution in [0.5, 0.6) is 5.75 Å². The summed E-state index contributed by atoms with van der Waals surface area (Å²) in [6, 6.07) is 12.4. The first kappa shape index (κ1) is 23.2. The highest BCUT2D eigenvalue weighted by Crippen LogP contribution is 2.27. The molecule has 0 aliphatic rings. The molecule has 2 N–H and O–H groups in total. The average Bonchev–Trinajstić information content (AvgIpc) is 2.71. The molecule has 9 heteroatoms. The van der Waals surface area contributed by atoms with E-state index in [1.54, 1.807) is 7.11 Å². The van der Waals surface area contributed by atoms with Crippen molar-refractivity contribution in [3.8, 4) is 5.75 Å². The highest BCUT2D eigenvalue weighted by Gasteiger charge is 2.26. The molecule has 0 spiro atoms. The summed E-state index contributed by atoms with van der Waals surface area (Å²) in [7, 11) is -0.963. The first-order chi connectivity index (χ1) is 13.9. The van der Waals surface area contributed by atoms with Crippen molar-refractivity contribution < 1.29 is 22.7 Å². The highest BCUT2D eigenvalue weighted by molar-refractivity contribution is 7.89. The lowest BCUT2D eigenvalue weighted by atomic mass is 10.1. The predicted octanol–water partition coefficient (Wildman–Crippen LogP) is 2.39. The van der Waals surface area contributed by atoms with Gasteiger partial charge in [0.15, 0.2) is 0 Å². The van der Waals surface area contributed by atoms with Crippen LogP contribution in [0.2, 0.25) is 5.02 Å². The minimum Gasteiger partial charge on any atom is -0.495 e. The van der Waals surface area contributed by atoms with Gasteiger partial charge in [0.1, 0.15) is 11.8 Å². The number of hydrogen-bond acceptors (Lipinski definition) is 5. The van der Waals surface area contributed by atoms with Gasteiger partial charge in [0.2, 0.25) is 15.9 Å². The van der Waals surface area contributed by atoms with Gasteiger partial charge >= 0.3 is 0 Å². The van der Waals surface area contributed by atoms with Crippen molar-refractivity contribution in [3.05, 3.63) is 59.1 Å². The fourth-order valence-electron chi connectivity index (χ4n) is 2.66. The van der Waals surface area contributed by atoms with Crippen LogP contribution in [-0.2, 0) is 26.0 Å². The summed E-state index contributed by atoms with van der Waals surface area (Å²) in [5.74, 6) is -0.0459. The molecule has 0 aromatic heterocycles. The lowest BCUT2D eigenvalue weighted by Gasteiger charge is -2.19. The maximum atomic E-state index is 12.9. The first-order valence-electron chi connectivity index (χ1n) is 9.04. The van der Waals surface area contributed by atoms with Crippen molar-refractivity contribution in [2.24, 2.45) is 0 Å². The van der Waals surface area contributed by atoms with Crippen molar-refractivity contribution in [1.29, 1.82) is 0 Å². The molecule has 0 saturated carbocycles. The molecule has 0 aliphatic heterocycles. The Morgan fingerprint density at radius 3 is 2.48 bits per heavy atom. The highest BCUT2D eigenvalue weighted by atomic mass is 35.5. The van der Waals surface area contributed by atoms with Crippen LogP contribution in [0, 0.1) is 0 Å². The van der Waals surface area contributed by atoms with E-state index in [4.69, 9.17) is 21.1 Å². The second-order valence-corrected chi connectivity index (χ2v) is 8.42. The molecule has 0 unspecified atom stereocenters. The van der Waals surface area contributed by atoms with E-state index in [0.29, 0.717) is 25.3 Å². The van der Waals surface area contributed by atoms with Gasteiger partial charge in [0, 0.05) is 20.3 Å². The number of halogens is 1. The van der Waals surface area contributed by atoms with E-state index < -0.39 is 22.0 Å². The van der Waals surface area contributed by atoms with Gasteiger partial charge < -0.3 is 14.8 Å². The van der Waals surface area contributed by atoms with E-state index in [1.165, 1.54) is 25.3 Å². The summed E-state index contributed by atoms with van der Waals surface area (Å²) < 4.78 is 38.2. The molecule has 1 atom stereocenters. The predicted molar refractivity (Wildman–Crippen MR) is 112 cm³/mol. The van der Waals surface area contributed by atoms with Gasteiger partial charge in [-0.05, 0) is 36.6 Å². The number of sulfonamides is 1. The summed E-state index contributed by atoms with van der Waals surface area (Å²) >= 11 is 6.05. The van der Waals surface area contributed by atoms with Crippen LogP contribution in [0.15, 0.2) is 53.4 Å². The number of amides is 1. The number of hydrogen-bond donors (Lipinski definition) is 2. The number of methoxy groups -OCH3 is 2. The van der Waals surface area contributed by atoms with Crippen LogP contribution in [0.1, 0.15) is 12.0 Å². The van der Waals surface area contributed by atoms with Gasteiger partial charge in [-0.15, -0.1) is 0 Å². The van der Waals surface area contributed by atoms with Crippen molar-refractivity contribution in [2.75, 3.05) is 27.4 Å². The number of benzene rings is 2. The Labute approximate surface area is 176 Å². The van der Waals surface area contributed by atoms with Crippen molar-refractivity contribution in [2.45, 2.75) is 23.8 Å². The largest absolute Gasteiger partial charge is 0.495 e. The minimum absolute atomic E-state index is 0.0476. The monoisotopic (exact) mass is 440 g/mol. The van der Waals surface area contributed by atoms with Crippen LogP contribution < -0.4 is 14.8 Å². The Kier molecular flexibility index (Phi) is 8.91. The van der Waals surface area contributed by atoms with Gasteiger partial charge in [-0.2, -0.15) is 4.72 Å². The molecule has 7 nitrogen and oxygen atoms in total. The number of rotatable bonds is 11. The molecule has 1 amide bonds. The molecule has 2 aromatic rings. The second-order valence-electron chi connectivity index (χ2n) is 6.30. The SMILES string of the molecule is COCCCNC(=O)[C@@H](Cc1ccccc1)NS(=O)(=O)c1ccc(OC)c(Cl)c1. The molecule has 0 bridgehead atoms. The molecule has 0 heterocycles. The fourth-order valence-corrected chi connectivity index (χ4v) is 4.20. The summed E-state index contributed by atoms with van der Waals surface area (Å²) in [5, 5.41) is 2.92. The molecule has 0 fully saturated rings. The first-order valence-corrected chi connectivity index (χ1v) is 10.9. The number of ether oxygens (including phenoxy) is 2. The standard InChI is InChI=1S/C20H25ClN2O5S/c1-27-12-6-11-22-20(24)18(13-15-7-4-3-5-8-15)23-29(25,26)16-9-10-19(28-2)17(21)14-16/h3-5,7-10,14,18,23H,6,11-13H2,1-2H3,(H,22,24)/t18-/m1/s1. The third-order valence-electron chi connectivity index (χ3n) is 4.15. The van der Waals surface area contributed by atoms with Gasteiger partial charge in [0.25, 0.3) is 0 Å². The van der Waals surface area contributed by atoms with Crippen LogP contribution in [0.3, 0.4) is 0 Å². The molecule has 0 aliphatic carbocycles. The van der Waals surface area contributed by atoms with Gasteiger partial charge in [-0.25, -0.2) is 8.42 Å². The van der Waals surface area contributed by atoms with E-state index in [1.807, 2.05) is 30.3 Å². The van der Waals surface area contributed by atoms with Crippen LogP contribution in [0.4, 0.5) is 0 Å².